The first-order chi connectivity index (χ1) is 6.75. The lowest BCUT2D eigenvalue weighted by molar-refractivity contribution is 0.185. The first kappa shape index (κ1) is 9.61. The van der Waals surface area contributed by atoms with Crippen molar-refractivity contribution in [3.63, 3.8) is 0 Å². The molecule has 1 unspecified atom stereocenters. The molecular formula is C9H15N3O2. The highest BCUT2D eigenvalue weighted by molar-refractivity contribution is 4.92. The molecule has 1 aliphatic heterocycles. The van der Waals surface area contributed by atoms with Crippen molar-refractivity contribution in [3.8, 4) is 0 Å². The van der Waals surface area contributed by atoms with Crippen LogP contribution in [0.25, 0.3) is 0 Å². The van der Waals surface area contributed by atoms with Gasteiger partial charge in [-0.1, -0.05) is 5.16 Å². The first-order valence-electron chi connectivity index (χ1n) is 4.91. The molecule has 1 aromatic heterocycles. The van der Waals surface area contributed by atoms with Crippen LogP contribution in [0.15, 0.2) is 4.52 Å². The fourth-order valence-electron chi connectivity index (χ4n) is 1.54. The quantitative estimate of drug-likeness (QED) is 0.770. The van der Waals surface area contributed by atoms with Gasteiger partial charge in [0.05, 0.1) is 6.04 Å². The topological polar surface area (TPSA) is 74.2 Å². The summed E-state index contributed by atoms with van der Waals surface area (Å²) >= 11 is 0. The van der Waals surface area contributed by atoms with Gasteiger partial charge in [-0.25, -0.2) is 0 Å². The lowest BCUT2D eigenvalue weighted by Gasteiger charge is -2.01. The monoisotopic (exact) mass is 197 g/mol. The van der Waals surface area contributed by atoms with Crippen LogP contribution in [-0.2, 0) is 11.2 Å². The van der Waals surface area contributed by atoms with Crippen LogP contribution in [0.4, 0.5) is 0 Å². The van der Waals surface area contributed by atoms with Crippen molar-refractivity contribution >= 4 is 0 Å². The largest absolute Gasteiger partial charge is 0.381 e. The molecule has 1 aliphatic rings. The molecular weight excluding hydrogens is 182 g/mol. The number of nitrogens with zero attached hydrogens (tertiary/aromatic N) is 2. The summed E-state index contributed by atoms with van der Waals surface area (Å²) in [4.78, 5) is 4.21. The minimum Gasteiger partial charge on any atom is -0.381 e. The molecule has 0 saturated carbocycles. The van der Waals surface area contributed by atoms with E-state index < -0.39 is 0 Å². The summed E-state index contributed by atoms with van der Waals surface area (Å²) in [7, 11) is 0. The summed E-state index contributed by atoms with van der Waals surface area (Å²) in [5.74, 6) is 1.79. The molecule has 78 valence electrons. The normalized spacial score (nSPS) is 24.0. The molecule has 0 amide bonds. The zero-order chi connectivity index (χ0) is 9.97. The standard InChI is InChI=1S/C9H15N3O2/c1-6(10)9-11-8(12-14-9)4-7-2-3-13-5-7/h6-7H,2-5,10H2,1H3/t6-,7?/m0/s1. The van der Waals surface area contributed by atoms with Gasteiger partial charge >= 0.3 is 0 Å². The van der Waals surface area contributed by atoms with Crippen LogP contribution in [0, 0.1) is 5.92 Å². The van der Waals surface area contributed by atoms with E-state index in [1.165, 1.54) is 0 Å². The van der Waals surface area contributed by atoms with Crippen LogP contribution in [0.2, 0.25) is 0 Å². The van der Waals surface area contributed by atoms with Crippen LogP contribution in [-0.4, -0.2) is 23.4 Å². The lowest BCUT2D eigenvalue weighted by atomic mass is 10.1. The molecule has 0 aliphatic carbocycles. The molecule has 14 heavy (non-hydrogen) atoms. The van der Waals surface area contributed by atoms with Gasteiger partial charge in [0, 0.05) is 19.6 Å². The summed E-state index contributed by atoms with van der Waals surface area (Å²) in [5.41, 5.74) is 5.61. The van der Waals surface area contributed by atoms with Gasteiger partial charge in [0.15, 0.2) is 5.82 Å². The summed E-state index contributed by atoms with van der Waals surface area (Å²) in [6.07, 6.45) is 1.91. The third-order valence-electron chi connectivity index (χ3n) is 2.37. The van der Waals surface area contributed by atoms with E-state index in [9.17, 15) is 0 Å². The Hall–Kier alpha value is -0.940. The van der Waals surface area contributed by atoms with Gasteiger partial charge in [-0.2, -0.15) is 4.98 Å². The fourth-order valence-corrected chi connectivity index (χ4v) is 1.54. The second kappa shape index (κ2) is 4.06. The van der Waals surface area contributed by atoms with E-state index in [0.29, 0.717) is 11.8 Å². The molecule has 2 N–H and O–H groups in total. The molecule has 5 heteroatoms. The number of nitrogens with two attached hydrogens (primary N) is 1. The minimum atomic E-state index is -0.184. The molecule has 0 bridgehead atoms. The van der Waals surface area contributed by atoms with Crippen molar-refractivity contribution in [1.82, 2.24) is 10.1 Å². The van der Waals surface area contributed by atoms with Gasteiger partial charge in [-0.3, -0.25) is 0 Å². The number of hydrogen-bond acceptors (Lipinski definition) is 5. The molecule has 0 spiro atoms. The molecule has 2 atom stereocenters. The van der Waals surface area contributed by atoms with E-state index in [2.05, 4.69) is 10.1 Å². The van der Waals surface area contributed by atoms with E-state index in [-0.39, 0.29) is 6.04 Å². The second-order valence-corrected chi connectivity index (χ2v) is 3.77. The third-order valence-corrected chi connectivity index (χ3v) is 2.37. The van der Waals surface area contributed by atoms with Crippen molar-refractivity contribution in [1.29, 1.82) is 0 Å². The molecule has 1 aromatic rings. The predicted molar refractivity (Wildman–Crippen MR) is 49.5 cm³/mol. The van der Waals surface area contributed by atoms with Gasteiger partial charge in [0.1, 0.15) is 0 Å². The number of rotatable bonds is 3. The van der Waals surface area contributed by atoms with Crippen LogP contribution in [0.3, 0.4) is 0 Å². The fraction of sp³-hybridized carbons (Fsp3) is 0.778. The highest BCUT2D eigenvalue weighted by atomic mass is 16.5. The lowest BCUT2D eigenvalue weighted by Crippen LogP contribution is -2.07. The van der Waals surface area contributed by atoms with E-state index in [1.54, 1.807) is 0 Å². The number of aromatic nitrogens is 2. The van der Waals surface area contributed by atoms with Crippen molar-refractivity contribution in [3.05, 3.63) is 11.7 Å². The Morgan fingerprint density at radius 3 is 3.07 bits per heavy atom. The average Bonchev–Trinajstić information content (AvgIpc) is 2.75. The predicted octanol–water partition coefficient (Wildman–Crippen LogP) is 0.668. The summed E-state index contributed by atoms with van der Waals surface area (Å²) in [6, 6.07) is -0.184. The van der Waals surface area contributed by atoms with Crippen molar-refractivity contribution in [2.45, 2.75) is 25.8 Å². The number of ether oxygens (including phenoxy) is 1. The van der Waals surface area contributed by atoms with Gasteiger partial charge < -0.3 is 15.0 Å². The Kier molecular flexibility index (Phi) is 2.79. The van der Waals surface area contributed by atoms with Crippen molar-refractivity contribution in [2.24, 2.45) is 11.7 Å². The Balaban J connectivity index is 1.95. The van der Waals surface area contributed by atoms with Gasteiger partial charge in [-0.15, -0.1) is 0 Å². The highest BCUT2D eigenvalue weighted by Crippen LogP contribution is 2.17. The molecule has 5 nitrogen and oxygen atoms in total. The van der Waals surface area contributed by atoms with E-state index in [4.69, 9.17) is 15.0 Å². The van der Waals surface area contributed by atoms with Crippen LogP contribution in [0.5, 0.6) is 0 Å². The van der Waals surface area contributed by atoms with Crippen LogP contribution >= 0.6 is 0 Å². The van der Waals surface area contributed by atoms with Gasteiger partial charge in [0.2, 0.25) is 5.89 Å². The van der Waals surface area contributed by atoms with Crippen LogP contribution in [0.1, 0.15) is 31.1 Å². The minimum absolute atomic E-state index is 0.184. The zero-order valence-electron chi connectivity index (χ0n) is 8.27. The smallest absolute Gasteiger partial charge is 0.243 e. The number of hydrogen-bond donors (Lipinski definition) is 1. The van der Waals surface area contributed by atoms with Gasteiger partial charge in [-0.05, 0) is 19.3 Å². The second-order valence-electron chi connectivity index (χ2n) is 3.77. The average molecular weight is 197 g/mol. The molecule has 2 rings (SSSR count). The summed E-state index contributed by atoms with van der Waals surface area (Å²) in [5, 5.41) is 3.88. The summed E-state index contributed by atoms with van der Waals surface area (Å²) in [6.45, 7) is 3.49. The molecule has 0 aromatic carbocycles. The Bertz CT molecular complexity index is 292. The first-order valence-corrected chi connectivity index (χ1v) is 4.91. The third kappa shape index (κ3) is 2.10. The van der Waals surface area contributed by atoms with Crippen LogP contribution < -0.4 is 5.73 Å². The molecule has 2 heterocycles. The maximum absolute atomic E-state index is 5.61. The molecule has 1 fully saturated rings. The maximum atomic E-state index is 5.61. The van der Waals surface area contributed by atoms with E-state index in [0.717, 1.165) is 31.9 Å². The Morgan fingerprint density at radius 1 is 1.64 bits per heavy atom. The van der Waals surface area contributed by atoms with Gasteiger partial charge in [0.25, 0.3) is 0 Å². The maximum Gasteiger partial charge on any atom is 0.243 e. The highest BCUT2D eigenvalue weighted by Gasteiger charge is 2.19. The Morgan fingerprint density at radius 2 is 2.50 bits per heavy atom. The zero-order valence-corrected chi connectivity index (χ0v) is 8.27. The van der Waals surface area contributed by atoms with Crippen molar-refractivity contribution < 1.29 is 9.26 Å². The Labute approximate surface area is 82.6 Å². The molecule has 1 saturated heterocycles. The van der Waals surface area contributed by atoms with E-state index >= 15 is 0 Å². The SMILES string of the molecule is C[C@H](N)c1nc(CC2CCOC2)no1. The van der Waals surface area contributed by atoms with Crippen molar-refractivity contribution in [2.75, 3.05) is 13.2 Å². The molecule has 0 radical (unpaired) electrons. The summed E-state index contributed by atoms with van der Waals surface area (Å²) < 4.78 is 10.3. The van der Waals surface area contributed by atoms with E-state index in [1.807, 2.05) is 6.92 Å².